The maximum Gasteiger partial charge on any atom is 0.246 e. The average molecular weight is 211 g/mol. The molecule has 0 aromatic carbocycles. The van der Waals surface area contributed by atoms with Gasteiger partial charge in [0.1, 0.15) is 6.29 Å². The maximum absolute atomic E-state index is 11.5. The topological polar surface area (TPSA) is 37.4 Å². The lowest BCUT2D eigenvalue weighted by atomic mass is 10.2. The number of allylic oxidation sites excluding steroid dienone is 1. The Labute approximate surface area is 92.1 Å². The van der Waals surface area contributed by atoms with Crippen molar-refractivity contribution < 1.29 is 9.59 Å². The first-order valence-electron chi connectivity index (χ1n) is 5.61. The van der Waals surface area contributed by atoms with Crippen molar-refractivity contribution in [2.75, 3.05) is 13.1 Å². The number of nitrogens with zero attached hydrogens (tertiary/aromatic N) is 1. The average Bonchev–Trinajstić information content (AvgIpc) is 2.23. The standard InChI is InChI=1S/C12H21NO2/c1-3-5-6-7-9-13(10-11-14)12(15)8-4-2/h4,8,11H,3,5-7,9-10H2,1-2H3/b8-4-. The molecule has 0 spiro atoms. The highest BCUT2D eigenvalue weighted by Crippen LogP contribution is 2.01. The largest absolute Gasteiger partial charge is 0.332 e. The molecule has 0 bridgehead atoms. The Kier molecular flexibility index (Phi) is 8.73. The van der Waals surface area contributed by atoms with Crippen molar-refractivity contribution in [1.82, 2.24) is 4.90 Å². The molecule has 0 aliphatic carbocycles. The fraction of sp³-hybridized carbons (Fsp3) is 0.667. The lowest BCUT2D eigenvalue weighted by molar-refractivity contribution is -0.128. The third kappa shape index (κ3) is 6.89. The minimum atomic E-state index is -0.0684. The molecular formula is C12H21NO2. The van der Waals surface area contributed by atoms with Crippen LogP contribution in [0.3, 0.4) is 0 Å². The van der Waals surface area contributed by atoms with Crippen LogP contribution in [0.5, 0.6) is 0 Å². The van der Waals surface area contributed by atoms with Gasteiger partial charge >= 0.3 is 0 Å². The van der Waals surface area contributed by atoms with Crippen molar-refractivity contribution in [1.29, 1.82) is 0 Å². The highest BCUT2D eigenvalue weighted by molar-refractivity contribution is 5.88. The van der Waals surface area contributed by atoms with Crippen molar-refractivity contribution in [3.63, 3.8) is 0 Å². The molecule has 0 unspecified atom stereocenters. The normalized spacial score (nSPS) is 10.5. The van der Waals surface area contributed by atoms with Crippen molar-refractivity contribution in [2.45, 2.75) is 39.5 Å². The van der Waals surface area contributed by atoms with Gasteiger partial charge in [-0.2, -0.15) is 0 Å². The molecule has 0 N–H and O–H groups in total. The van der Waals surface area contributed by atoms with Crippen molar-refractivity contribution in [3.05, 3.63) is 12.2 Å². The van der Waals surface area contributed by atoms with Gasteiger partial charge in [-0.1, -0.05) is 32.3 Å². The molecule has 1 amide bonds. The summed E-state index contributed by atoms with van der Waals surface area (Å²) in [5, 5.41) is 0. The van der Waals surface area contributed by atoms with Gasteiger partial charge in [-0.3, -0.25) is 4.79 Å². The van der Waals surface area contributed by atoms with Gasteiger partial charge in [0.25, 0.3) is 0 Å². The number of carbonyl (C=O) groups excluding carboxylic acids is 2. The van der Waals surface area contributed by atoms with E-state index in [1.807, 2.05) is 0 Å². The smallest absolute Gasteiger partial charge is 0.246 e. The number of aldehydes is 1. The predicted octanol–water partition coefficient (Wildman–Crippen LogP) is 2.17. The Balaban J connectivity index is 3.92. The lowest BCUT2D eigenvalue weighted by Gasteiger charge is -2.17. The molecular weight excluding hydrogens is 190 g/mol. The maximum atomic E-state index is 11.5. The summed E-state index contributed by atoms with van der Waals surface area (Å²) in [5.41, 5.74) is 0. The number of rotatable bonds is 8. The van der Waals surface area contributed by atoms with Crippen LogP contribution < -0.4 is 0 Å². The molecule has 0 atom stereocenters. The zero-order valence-corrected chi connectivity index (χ0v) is 9.74. The zero-order chi connectivity index (χ0) is 11.5. The zero-order valence-electron chi connectivity index (χ0n) is 9.74. The molecule has 0 fully saturated rings. The van der Waals surface area contributed by atoms with E-state index in [2.05, 4.69) is 6.92 Å². The Morgan fingerprint density at radius 3 is 2.53 bits per heavy atom. The number of unbranched alkanes of at least 4 members (excludes halogenated alkanes) is 3. The first-order chi connectivity index (χ1) is 7.26. The van der Waals surface area contributed by atoms with Crippen molar-refractivity contribution in [2.24, 2.45) is 0 Å². The minimum absolute atomic E-state index is 0.0684. The fourth-order valence-electron chi connectivity index (χ4n) is 1.36. The van der Waals surface area contributed by atoms with E-state index >= 15 is 0 Å². The molecule has 0 radical (unpaired) electrons. The van der Waals surface area contributed by atoms with Crippen LogP contribution in [-0.2, 0) is 9.59 Å². The van der Waals surface area contributed by atoms with Crippen LogP contribution in [0, 0.1) is 0 Å². The Bertz CT molecular complexity index is 212. The van der Waals surface area contributed by atoms with Crippen LogP contribution in [0.4, 0.5) is 0 Å². The van der Waals surface area contributed by atoms with Crippen molar-refractivity contribution in [3.8, 4) is 0 Å². The second-order valence-electron chi connectivity index (χ2n) is 3.51. The molecule has 3 nitrogen and oxygen atoms in total. The quantitative estimate of drug-likeness (QED) is 0.350. The second-order valence-corrected chi connectivity index (χ2v) is 3.51. The monoisotopic (exact) mass is 211 g/mol. The first kappa shape index (κ1) is 13.9. The van der Waals surface area contributed by atoms with Gasteiger partial charge in [0, 0.05) is 6.54 Å². The summed E-state index contributed by atoms with van der Waals surface area (Å²) in [4.78, 5) is 23.5. The highest BCUT2D eigenvalue weighted by Gasteiger charge is 2.08. The Hall–Kier alpha value is -1.12. The summed E-state index contributed by atoms with van der Waals surface area (Å²) >= 11 is 0. The molecule has 0 rings (SSSR count). The van der Waals surface area contributed by atoms with Gasteiger partial charge in [0.05, 0.1) is 6.54 Å². The van der Waals surface area contributed by atoms with E-state index in [-0.39, 0.29) is 12.5 Å². The van der Waals surface area contributed by atoms with E-state index in [0.717, 1.165) is 19.1 Å². The van der Waals surface area contributed by atoms with Gasteiger partial charge in [-0.25, -0.2) is 0 Å². The van der Waals surface area contributed by atoms with Crippen LogP contribution >= 0.6 is 0 Å². The van der Waals surface area contributed by atoms with E-state index in [4.69, 9.17) is 0 Å². The third-order valence-corrected chi connectivity index (χ3v) is 2.20. The SMILES string of the molecule is C/C=C\C(=O)N(CC=O)CCCCCC. The minimum Gasteiger partial charge on any atom is -0.332 e. The van der Waals surface area contributed by atoms with E-state index < -0.39 is 0 Å². The summed E-state index contributed by atoms with van der Waals surface area (Å²) in [6.07, 6.45) is 8.44. The van der Waals surface area contributed by atoms with Gasteiger partial charge in [0.2, 0.25) is 5.91 Å². The Morgan fingerprint density at radius 1 is 1.27 bits per heavy atom. The van der Waals surface area contributed by atoms with Crippen LogP contribution in [0.2, 0.25) is 0 Å². The fourth-order valence-corrected chi connectivity index (χ4v) is 1.36. The molecule has 0 aromatic heterocycles. The third-order valence-electron chi connectivity index (χ3n) is 2.20. The van der Waals surface area contributed by atoms with Gasteiger partial charge in [-0.15, -0.1) is 0 Å². The summed E-state index contributed by atoms with van der Waals surface area (Å²) in [6.45, 7) is 4.83. The molecule has 15 heavy (non-hydrogen) atoms. The molecule has 86 valence electrons. The lowest BCUT2D eigenvalue weighted by Crippen LogP contribution is -2.32. The number of carbonyl (C=O) groups is 2. The summed E-state index contributed by atoms with van der Waals surface area (Å²) in [5.74, 6) is -0.0684. The molecule has 0 aliphatic rings. The number of amides is 1. The molecule has 0 aromatic rings. The van der Waals surface area contributed by atoms with E-state index in [0.29, 0.717) is 6.54 Å². The van der Waals surface area contributed by atoms with E-state index in [1.54, 1.807) is 17.9 Å². The van der Waals surface area contributed by atoms with Crippen molar-refractivity contribution >= 4 is 12.2 Å². The highest BCUT2D eigenvalue weighted by atomic mass is 16.2. The molecule has 0 saturated carbocycles. The molecule has 0 aliphatic heterocycles. The summed E-state index contributed by atoms with van der Waals surface area (Å²) in [7, 11) is 0. The van der Waals surface area contributed by atoms with Gasteiger partial charge in [-0.05, 0) is 19.4 Å². The molecule has 3 heteroatoms. The van der Waals surface area contributed by atoms with Crippen LogP contribution in [-0.4, -0.2) is 30.2 Å². The van der Waals surface area contributed by atoms with Crippen LogP contribution in [0.25, 0.3) is 0 Å². The molecule has 0 heterocycles. The predicted molar refractivity (Wildman–Crippen MR) is 61.6 cm³/mol. The van der Waals surface area contributed by atoms with Gasteiger partial charge in [0.15, 0.2) is 0 Å². The van der Waals surface area contributed by atoms with Crippen LogP contribution in [0.1, 0.15) is 39.5 Å². The van der Waals surface area contributed by atoms with E-state index in [1.165, 1.54) is 18.9 Å². The second kappa shape index (κ2) is 9.44. The molecule has 0 saturated heterocycles. The first-order valence-corrected chi connectivity index (χ1v) is 5.61. The Morgan fingerprint density at radius 2 is 2.00 bits per heavy atom. The summed E-state index contributed by atoms with van der Waals surface area (Å²) < 4.78 is 0. The number of hydrogen-bond acceptors (Lipinski definition) is 2. The summed E-state index contributed by atoms with van der Waals surface area (Å²) in [6, 6.07) is 0. The van der Waals surface area contributed by atoms with E-state index in [9.17, 15) is 9.59 Å². The van der Waals surface area contributed by atoms with Crippen LogP contribution in [0.15, 0.2) is 12.2 Å². The van der Waals surface area contributed by atoms with Gasteiger partial charge < -0.3 is 9.69 Å². The number of hydrogen-bond donors (Lipinski definition) is 0.